The van der Waals surface area contributed by atoms with Crippen molar-refractivity contribution in [1.29, 1.82) is 5.26 Å². The quantitative estimate of drug-likeness (QED) is 0.505. The average Bonchev–Trinajstić information content (AvgIpc) is 2.75. The zero-order valence-corrected chi connectivity index (χ0v) is 18.8. The minimum absolute atomic E-state index is 0.0804. The van der Waals surface area contributed by atoms with E-state index in [9.17, 15) is 4.79 Å². The zero-order valence-electron chi connectivity index (χ0n) is 18.8. The second-order valence-corrected chi connectivity index (χ2v) is 8.53. The van der Waals surface area contributed by atoms with Crippen LogP contribution in [-0.2, 0) is 6.54 Å². The lowest BCUT2D eigenvalue weighted by Crippen LogP contribution is -2.47. The summed E-state index contributed by atoms with van der Waals surface area (Å²) in [6.07, 6.45) is 1.60. The summed E-state index contributed by atoms with van der Waals surface area (Å²) in [6, 6.07) is 9.72. The van der Waals surface area contributed by atoms with E-state index in [0.29, 0.717) is 17.9 Å². The number of likely N-dealkylation sites (N-methyl/N-ethyl adjacent to an activating group) is 1. The Morgan fingerprint density at radius 1 is 1.26 bits per heavy atom. The van der Waals surface area contributed by atoms with E-state index < -0.39 is 0 Å². The highest BCUT2D eigenvalue weighted by atomic mass is 16.2. The second kappa shape index (κ2) is 10.4. The minimum atomic E-state index is -0.205. The molecule has 2 heterocycles. The van der Waals surface area contributed by atoms with Crippen LogP contribution in [0.3, 0.4) is 0 Å². The molecule has 0 saturated carbocycles. The molecular weight excluding hydrogens is 389 g/mol. The number of anilines is 1. The first-order valence-corrected chi connectivity index (χ1v) is 10.7. The smallest absolute Gasteiger partial charge is 0.269 e. The molecule has 2 aromatic rings. The van der Waals surface area contributed by atoms with Crippen molar-refractivity contribution >= 4 is 25.0 Å². The van der Waals surface area contributed by atoms with Gasteiger partial charge in [-0.1, -0.05) is 26.0 Å². The van der Waals surface area contributed by atoms with Crippen LogP contribution < -0.4 is 15.9 Å². The molecule has 0 aliphatic carbocycles. The first kappa shape index (κ1) is 22.7. The predicted molar refractivity (Wildman–Crippen MR) is 124 cm³/mol. The Labute approximate surface area is 185 Å². The Bertz CT molecular complexity index is 934. The van der Waals surface area contributed by atoms with Gasteiger partial charge < -0.3 is 4.90 Å². The zero-order chi connectivity index (χ0) is 22.4. The number of amides is 1. The van der Waals surface area contributed by atoms with Crippen molar-refractivity contribution in [2.75, 3.05) is 44.8 Å². The Hall–Kier alpha value is -2.96. The molecule has 0 unspecified atom stereocenters. The third kappa shape index (κ3) is 6.26. The predicted octanol–water partition coefficient (Wildman–Crippen LogP) is 0.161. The fourth-order valence-corrected chi connectivity index (χ4v) is 3.52. The number of carbonyl (C=O) groups is 1. The second-order valence-electron chi connectivity index (χ2n) is 8.53. The van der Waals surface area contributed by atoms with Crippen LogP contribution >= 0.6 is 0 Å². The van der Waals surface area contributed by atoms with Gasteiger partial charge in [0.15, 0.2) is 0 Å². The van der Waals surface area contributed by atoms with Crippen LogP contribution in [0.5, 0.6) is 0 Å². The molecule has 0 radical (unpaired) electrons. The van der Waals surface area contributed by atoms with Gasteiger partial charge in [0.25, 0.3) is 5.91 Å². The van der Waals surface area contributed by atoms with E-state index in [2.05, 4.69) is 46.1 Å². The van der Waals surface area contributed by atoms with Crippen LogP contribution in [0.2, 0.25) is 0 Å². The van der Waals surface area contributed by atoms with Crippen LogP contribution in [0.15, 0.2) is 30.5 Å². The number of nitrogens with zero attached hydrogens (tertiary/aromatic N) is 6. The Morgan fingerprint density at radius 3 is 2.55 bits per heavy atom. The van der Waals surface area contributed by atoms with E-state index in [1.54, 1.807) is 11.2 Å². The van der Waals surface area contributed by atoms with Crippen molar-refractivity contribution in [2.45, 2.75) is 20.4 Å². The monoisotopic (exact) mass is 419 g/mol. The number of carbonyl (C=O) groups excluding carboxylic acids is 1. The van der Waals surface area contributed by atoms with Crippen molar-refractivity contribution in [2.24, 2.45) is 5.92 Å². The summed E-state index contributed by atoms with van der Waals surface area (Å²) >= 11 is 0. The van der Waals surface area contributed by atoms with Crippen LogP contribution in [-0.4, -0.2) is 73.3 Å². The maximum Gasteiger partial charge on any atom is 0.269 e. The molecular formula is C22H30BN7O. The molecule has 1 amide bonds. The molecule has 1 aromatic carbocycles. The normalized spacial score (nSPS) is 14.9. The topological polar surface area (TPSA) is 88.4 Å². The molecule has 1 aliphatic rings. The first-order chi connectivity index (χ1) is 14.9. The highest BCUT2D eigenvalue weighted by Crippen LogP contribution is 2.12. The summed E-state index contributed by atoms with van der Waals surface area (Å²) in [5.41, 5.74) is 5.54. The number of hydrogen-bond donors (Lipinski definition) is 1. The van der Waals surface area contributed by atoms with Crippen molar-refractivity contribution in [3.63, 3.8) is 0 Å². The Balaban J connectivity index is 1.69. The van der Waals surface area contributed by atoms with E-state index in [-0.39, 0.29) is 17.6 Å². The highest BCUT2D eigenvalue weighted by molar-refractivity contribution is 6.35. The molecule has 0 atom stereocenters. The Morgan fingerprint density at radius 2 is 1.94 bits per heavy atom. The molecule has 0 spiro atoms. The number of nitrogens with one attached hydrogen (secondary N) is 1. The van der Waals surface area contributed by atoms with Crippen LogP contribution in [0.25, 0.3) is 0 Å². The fraction of sp³-hybridized carbons (Fsp3) is 0.455. The van der Waals surface area contributed by atoms with E-state index >= 15 is 0 Å². The standard InChI is InChI=1S/C22H30BN7O/c1-16(2)14-30(21-19(23)13-25-20(12-24)26-21)27-22(31)18-6-4-17(5-7-18)15-29-10-8-28(3)9-11-29/h4-7,13,16H,8-11,14-15,23H2,1-3H3,(H,27,31). The lowest BCUT2D eigenvalue weighted by molar-refractivity contribution is 0.0947. The number of rotatable bonds is 7. The van der Waals surface area contributed by atoms with E-state index in [0.717, 1.165) is 38.2 Å². The highest BCUT2D eigenvalue weighted by Gasteiger charge is 2.18. The van der Waals surface area contributed by atoms with Gasteiger partial charge in [0, 0.05) is 51.0 Å². The van der Waals surface area contributed by atoms with Crippen molar-refractivity contribution in [1.82, 2.24) is 25.2 Å². The van der Waals surface area contributed by atoms with E-state index in [1.807, 2.05) is 38.2 Å². The van der Waals surface area contributed by atoms with Gasteiger partial charge in [0.05, 0.1) is 0 Å². The maximum absolute atomic E-state index is 12.9. The van der Waals surface area contributed by atoms with E-state index in [1.165, 1.54) is 5.56 Å². The lowest BCUT2D eigenvalue weighted by Gasteiger charge is -2.32. The van der Waals surface area contributed by atoms with E-state index in [4.69, 9.17) is 5.26 Å². The molecule has 0 bridgehead atoms. The van der Waals surface area contributed by atoms with Crippen molar-refractivity contribution in [3.05, 3.63) is 47.4 Å². The lowest BCUT2D eigenvalue weighted by atomic mass is 9.98. The summed E-state index contributed by atoms with van der Waals surface area (Å²) in [5, 5.41) is 10.9. The fourth-order valence-electron chi connectivity index (χ4n) is 3.52. The molecule has 9 heteroatoms. The van der Waals surface area contributed by atoms with Gasteiger partial charge in [0.2, 0.25) is 5.82 Å². The molecule has 1 N–H and O–H groups in total. The minimum Gasteiger partial charge on any atom is -0.304 e. The Kier molecular flexibility index (Phi) is 7.61. The molecule has 31 heavy (non-hydrogen) atoms. The third-order valence-electron chi connectivity index (χ3n) is 5.30. The summed E-state index contributed by atoms with van der Waals surface area (Å²) < 4.78 is 0. The summed E-state index contributed by atoms with van der Waals surface area (Å²) in [7, 11) is 4.01. The maximum atomic E-state index is 12.9. The number of nitriles is 1. The largest absolute Gasteiger partial charge is 0.304 e. The van der Waals surface area contributed by atoms with Gasteiger partial charge in [0.1, 0.15) is 19.7 Å². The van der Waals surface area contributed by atoms with Crippen LogP contribution in [0, 0.1) is 17.2 Å². The third-order valence-corrected chi connectivity index (χ3v) is 5.30. The molecule has 3 rings (SSSR count). The first-order valence-electron chi connectivity index (χ1n) is 10.7. The SMILES string of the molecule is Bc1cnc(C#N)nc1N(CC(C)C)NC(=O)c1ccc(CN2CCN(C)CC2)cc1. The average molecular weight is 419 g/mol. The number of hydrogen-bond acceptors (Lipinski definition) is 7. The molecule has 1 fully saturated rings. The number of benzene rings is 1. The van der Waals surface area contributed by atoms with Crippen molar-refractivity contribution in [3.8, 4) is 6.07 Å². The summed E-state index contributed by atoms with van der Waals surface area (Å²) in [4.78, 5) is 26.0. The van der Waals surface area contributed by atoms with Gasteiger partial charge in [-0.15, -0.1) is 0 Å². The number of aromatic nitrogens is 2. The van der Waals surface area contributed by atoms with Gasteiger partial charge in [-0.2, -0.15) is 5.26 Å². The molecule has 1 saturated heterocycles. The molecule has 1 aliphatic heterocycles. The van der Waals surface area contributed by atoms with Crippen LogP contribution in [0.4, 0.5) is 5.82 Å². The summed E-state index contributed by atoms with van der Waals surface area (Å²) in [6.45, 7) is 9.88. The van der Waals surface area contributed by atoms with Gasteiger partial charge in [-0.3, -0.25) is 20.1 Å². The van der Waals surface area contributed by atoms with Crippen molar-refractivity contribution < 1.29 is 4.79 Å². The number of hydrazine groups is 1. The molecule has 162 valence electrons. The van der Waals surface area contributed by atoms with Crippen LogP contribution in [0.1, 0.15) is 35.6 Å². The van der Waals surface area contributed by atoms with Gasteiger partial charge in [-0.05, 0) is 36.1 Å². The summed E-state index contributed by atoms with van der Waals surface area (Å²) in [5.74, 6) is 0.701. The number of piperazine rings is 1. The van der Waals surface area contributed by atoms with Gasteiger partial charge >= 0.3 is 0 Å². The molecule has 1 aromatic heterocycles. The molecule has 8 nitrogen and oxygen atoms in total. The van der Waals surface area contributed by atoms with Gasteiger partial charge in [-0.25, -0.2) is 9.97 Å².